The zero-order valence-electron chi connectivity index (χ0n) is 15.6. The molecule has 0 fully saturated rings. The number of sulfonamides is 1. The number of nitrogens with zero attached hydrogens (tertiary/aromatic N) is 3. The van der Waals surface area contributed by atoms with E-state index in [0.29, 0.717) is 11.5 Å². The third-order valence-corrected chi connectivity index (χ3v) is 6.11. The number of thiophene rings is 1. The Morgan fingerprint density at radius 2 is 2.00 bits per heavy atom. The summed E-state index contributed by atoms with van der Waals surface area (Å²) in [4.78, 5) is 17.7. The van der Waals surface area contributed by atoms with Gasteiger partial charge in [-0.2, -0.15) is 4.98 Å². The summed E-state index contributed by atoms with van der Waals surface area (Å²) in [6, 6.07) is 9.73. The van der Waals surface area contributed by atoms with Crippen LogP contribution < -0.4 is 9.62 Å². The number of nitrogens with one attached hydrogen (secondary N) is 1. The quantitative estimate of drug-likeness (QED) is 0.630. The van der Waals surface area contributed by atoms with E-state index in [2.05, 4.69) is 15.5 Å². The molecular formula is C18H20N4O4S2. The van der Waals surface area contributed by atoms with E-state index < -0.39 is 22.0 Å². The number of anilines is 1. The zero-order chi connectivity index (χ0) is 20.3. The lowest BCUT2D eigenvalue weighted by atomic mass is 10.2. The predicted octanol–water partition coefficient (Wildman–Crippen LogP) is 2.58. The average Bonchev–Trinajstić information content (AvgIpc) is 3.31. The normalized spacial score (nSPS) is 12.5. The van der Waals surface area contributed by atoms with Crippen molar-refractivity contribution in [3.8, 4) is 10.7 Å². The Kier molecular flexibility index (Phi) is 5.80. The average molecular weight is 421 g/mol. The Hall–Kier alpha value is -2.72. The second-order valence-electron chi connectivity index (χ2n) is 6.28. The molecule has 0 saturated heterocycles. The van der Waals surface area contributed by atoms with Crippen LogP contribution in [0.4, 0.5) is 5.69 Å². The first kappa shape index (κ1) is 20.0. The molecule has 1 N–H and O–H groups in total. The second kappa shape index (κ2) is 8.11. The van der Waals surface area contributed by atoms with Crippen molar-refractivity contribution in [3.05, 3.63) is 53.2 Å². The smallest absolute Gasteiger partial charge is 0.246 e. The van der Waals surface area contributed by atoms with Gasteiger partial charge >= 0.3 is 0 Å². The minimum Gasteiger partial charge on any atom is -0.345 e. The molecule has 2 heterocycles. The number of aromatic nitrogens is 2. The van der Waals surface area contributed by atoms with Gasteiger partial charge in [-0.1, -0.05) is 28.9 Å². The molecule has 0 bridgehead atoms. The Labute approximate surface area is 167 Å². The fraction of sp³-hybridized carbons (Fsp3) is 0.278. The standard InChI is InChI=1S/C18H20N4O4S2/c1-12-6-8-14(9-7-12)22(28(3,24)25)13(2)18(23)19-11-16-20-17(21-26-16)15-5-4-10-27-15/h4-10,13H,11H2,1-3H3,(H,19,23)/t13-/m1/s1. The molecule has 8 nitrogen and oxygen atoms in total. The summed E-state index contributed by atoms with van der Waals surface area (Å²) < 4.78 is 30.8. The van der Waals surface area contributed by atoms with Gasteiger partial charge in [-0.3, -0.25) is 9.10 Å². The summed E-state index contributed by atoms with van der Waals surface area (Å²) in [5.41, 5.74) is 1.42. The van der Waals surface area contributed by atoms with Crippen LogP contribution in [0.5, 0.6) is 0 Å². The number of amides is 1. The topological polar surface area (TPSA) is 105 Å². The van der Waals surface area contributed by atoms with Gasteiger partial charge in [-0.05, 0) is 37.4 Å². The number of benzene rings is 1. The Morgan fingerprint density at radius 3 is 2.61 bits per heavy atom. The summed E-state index contributed by atoms with van der Waals surface area (Å²) in [6.45, 7) is 3.44. The van der Waals surface area contributed by atoms with Gasteiger partial charge in [0.15, 0.2) is 0 Å². The molecular weight excluding hydrogens is 400 g/mol. The van der Waals surface area contributed by atoms with Crippen LogP contribution in [0.3, 0.4) is 0 Å². The van der Waals surface area contributed by atoms with Crippen molar-refractivity contribution >= 4 is 33.0 Å². The number of rotatable bonds is 7. The number of carbonyl (C=O) groups excluding carboxylic acids is 1. The third-order valence-electron chi connectivity index (χ3n) is 4.00. The van der Waals surface area contributed by atoms with Crippen molar-refractivity contribution in [1.82, 2.24) is 15.5 Å². The monoisotopic (exact) mass is 420 g/mol. The Balaban J connectivity index is 1.70. The summed E-state index contributed by atoms with van der Waals surface area (Å²) in [5.74, 6) is 0.219. The Bertz CT molecular complexity index is 1040. The number of carbonyl (C=O) groups is 1. The fourth-order valence-corrected chi connectivity index (χ4v) is 4.47. The summed E-state index contributed by atoms with van der Waals surface area (Å²) in [7, 11) is -3.66. The van der Waals surface area contributed by atoms with Crippen LogP contribution in [0, 0.1) is 6.92 Å². The third kappa shape index (κ3) is 4.57. The minimum atomic E-state index is -3.66. The van der Waals surface area contributed by atoms with Gasteiger partial charge < -0.3 is 9.84 Å². The van der Waals surface area contributed by atoms with Gasteiger partial charge in [0.2, 0.25) is 27.6 Å². The highest BCUT2D eigenvalue weighted by atomic mass is 32.2. The summed E-state index contributed by atoms with van der Waals surface area (Å²) in [5, 5.41) is 8.43. The van der Waals surface area contributed by atoms with E-state index in [1.165, 1.54) is 18.3 Å². The van der Waals surface area contributed by atoms with Crippen LogP contribution in [0.25, 0.3) is 10.7 Å². The van der Waals surface area contributed by atoms with Crippen molar-refractivity contribution in [1.29, 1.82) is 0 Å². The maximum atomic E-state index is 12.6. The van der Waals surface area contributed by atoms with Crippen LogP contribution in [-0.4, -0.2) is 36.8 Å². The molecule has 148 valence electrons. The number of aryl methyl sites for hydroxylation is 1. The van der Waals surface area contributed by atoms with Gasteiger partial charge in [0.1, 0.15) is 6.04 Å². The molecule has 28 heavy (non-hydrogen) atoms. The van der Waals surface area contributed by atoms with Crippen LogP contribution in [-0.2, 0) is 21.4 Å². The van der Waals surface area contributed by atoms with E-state index in [0.717, 1.165) is 21.0 Å². The lowest BCUT2D eigenvalue weighted by Gasteiger charge is -2.28. The molecule has 2 aromatic heterocycles. The first-order valence-electron chi connectivity index (χ1n) is 8.46. The van der Waals surface area contributed by atoms with Gasteiger partial charge in [0.05, 0.1) is 23.4 Å². The fourth-order valence-electron chi connectivity index (χ4n) is 2.64. The van der Waals surface area contributed by atoms with Gasteiger partial charge in [0, 0.05) is 0 Å². The van der Waals surface area contributed by atoms with E-state index in [9.17, 15) is 13.2 Å². The molecule has 1 atom stereocenters. The van der Waals surface area contributed by atoms with Crippen LogP contribution in [0.15, 0.2) is 46.3 Å². The highest BCUT2D eigenvalue weighted by molar-refractivity contribution is 7.92. The minimum absolute atomic E-state index is 0.00699. The molecule has 0 radical (unpaired) electrons. The predicted molar refractivity (Wildman–Crippen MR) is 107 cm³/mol. The lowest BCUT2D eigenvalue weighted by molar-refractivity contribution is -0.122. The molecule has 3 aromatic rings. The van der Waals surface area contributed by atoms with Crippen LogP contribution in [0.1, 0.15) is 18.4 Å². The number of hydrogen-bond donors (Lipinski definition) is 1. The highest BCUT2D eigenvalue weighted by Crippen LogP contribution is 2.22. The van der Waals surface area contributed by atoms with E-state index in [1.807, 2.05) is 24.4 Å². The highest BCUT2D eigenvalue weighted by Gasteiger charge is 2.29. The largest absolute Gasteiger partial charge is 0.345 e. The van der Waals surface area contributed by atoms with Gasteiger partial charge in [-0.25, -0.2) is 8.42 Å². The van der Waals surface area contributed by atoms with Gasteiger partial charge in [0.25, 0.3) is 0 Å². The maximum absolute atomic E-state index is 12.6. The molecule has 1 aromatic carbocycles. The van der Waals surface area contributed by atoms with Crippen molar-refractivity contribution in [2.45, 2.75) is 26.4 Å². The van der Waals surface area contributed by atoms with Crippen molar-refractivity contribution in [2.24, 2.45) is 0 Å². The summed E-state index contributed by atoms with van der Waals surface area (Å²) in [6.07, 6.45) is 1.07. The van der Waals surface area contributed by atoms with Crippen molar-refractivity contribution in [2.75, 3.05) is 10.6 Å². The first-order valence-corrected chi connectivity index (χ1v) is 11.2. The van der Waals surface area contributed by atoms with Crippen LogP contribution >= 0.6 is 11.3 Å². The maximum Gasteiger partial charge on any atom is 0.246 e. The molecule has 0 aliphatic carbocycles. The molecule has 0 saturated carbocycles. The summed E-state index contributed by atoms with van der Waals surface area (Å²) >= 11 is 1.48. The first-order chi connectivity index (χ1) is 13.3. The molecule has 3 rings (SSSR count). The second-order valence-corrected chi connectivity index (χ2v) is 9.08. The van der Waals surface area contributed by atoms with Crippen molar-refractivity contribution in [3.63, 3.8) is 0 Å². The SMILES string of the molecule is Cc1ccc(N([C@H](C)C(=O)NCc2nc(-c3cccs3)no2)S(C)(=O)=O)cc1. The van der Waals surface area contributed by atoms with E-state index in [1.54, 1.807) is 24.3 Å². The molecule has 0 aliphatic rings. The molecule has 10 heteroatoms. The number of hydrogen-bond acceptors (Lipinski definition) is 7. The molecule has 0 unspecified atom stereocenters. The van der Waals surface area contributed by atoms with Crippen LogP contribution in [0.2, 0.25) is 0 Å². The van der Waals surface area contributed by atoms with E-state index >= 15 is 0 Å². The molecule has 0 aliphatic heterocycles. The van der Waals surface area contributed by atoms with Gasteiger partial charge in [-0.15, -0.1) is 11.3 Å². The van der Waals surface area contributed by atoms with E-state index in [-0.39, 0.29) is 12.4 Å². The van der Waals surface area contributed by atoms with Crippen molar-refractivity contribution < 1.29 is 17.7 Å². The molecule has 0 spiro atoms. The molecule has 1 amide bonds. The lowest BCUT2D eigenvalue weighted by Crippen LogP contribution is -2.47. The zero-order valence-corrected chi connectivity index (χ0v) is 17.3. The van der Waals surface area contributed by atoms with E-state index in [4.69, 9.17) is 4.52 Å². The Morgan fingerprint density at radius 1 is 1.29 bits per heavy atom.